The molecular formula is C16H17BrN2O3. The van der Waals surface area contributed by atoms with E-state index in [1.165, 1.54) is 11.0 Å². The minimum Gasteiger partial charge on any atom is -0.458 e. The Labute approximate surface area is 137 Å². The van der Waals surface area contributed by atoms with E-state index in [9.17, 15) is 9.59 Å². The van der Waals surface area contributed by atoms with Gasteiger partial charge in [0.25, 0.3) is 0 Å². The number of hydrogen-bond acceptors (Lipinski definition) is 3. The molecule has 0 fully saturated rings. The fourth-order valence-corrected chi connectivity index (χ4v) is 2.48. The minimum absolute atomic E-state index is 0.125. The van der Waals surface area contributed by atoms with Crippen molar-refractivity contribution in [2.45, 2.75) is 13.0 Å². The average Bonchev–Trinajstić information content (AvgIpc) is 2.50. The van der Waals surface area contributed by atoms with Crippen LogP contribution < -0.4 is 5.32 Å². The maximum atomic E-state index is 12.4. The van der Waals surface area contributed by atoms with Crippen molar-refractivity contribution in [2.75, 3.05) is 13.7 Å². The van der Waals surface area contributed by atoms with Gasteiger partial charge in [-0.3, -0.25) is 0 Å². The molecule has 0 bridgehead atoms. The highest BCUT2D eigenvalue weighted by Gasteiger charge is 2.34. The number of allylic oxidation sites excluding steroid dienone is 1. The summed E-state index contributed by atoms with van der Waals surface area (Å²) in [5.41, 5.74) is 1.81. The van der Waals surface area contributed by atoms with Crippen LogP contribution in [-0.2, 0) is 9.53 Å². The number of urea groups is 1. The SMILES string of the molecule is C=CCOC(=O)C1=C(C)N(C)C(=O)NC1c1ccc(Br)cc1. The summed E-state index contributed by atoms with van der Waals surface area (Å²) in [6, 6.07) is 6.65. The van der Waals surface area contributed by atoms with Gasteiger partial charge in [0.15, 0.2) is 0 Å². The molecule has 1 atom stereocenters. The van der Waals surface area contributed by atoms with Gasteiger partial charge in [0, 0.05) is 17.2 Å². The van der Waals surface area contributed by atoms with Gasteiger partial charge < -0.3 is 15.0 Å². The van der Waals surface area contributed by atoms with Crippen LogP contribution >= 0.6 is 15.9 Å². The van der Waals surface area contributed by atoms with Crippen molar-refractivity contribution >= 4 is 27.9 Å². The van der Waals surface area contributed by atoms with Crippen LogP contribution in [0.15, 0.2) is 52.7 Å². The predicted octanol–water partition coefficient (Wildman–Crippen LogP) is 3.15. The number of amides is 2. The van der Waals surface area contributed by atoms with Crippen molar-refractivity contribution in [3.05, 3.63) is 58.2 Å². The number of rotatable bonds is 4. The fraction of sp³-hybridized carbons (Fsp3) is 0.250. The molecule has 1 aliphatic rings. The summed E-state index contributed by atoms with van der Waals surface area (Å²) in [7, 11) is 1.61. The Morgan fingerprint density at radius 2 is 2.09 bits per heavy atom. The lowest BCUT2D eigenvalue weighted by molar-refractivity contribution is -0.138. The van der Waals surface area contributed by atoms with E-state index >= 15 is 0 Å². The van der Waals surface area contributed by atoms with Gasteiger partial charge in [-0.15, -0.1) is 0 Å². The zero-order chi connectivity index (χ0) is 16.3. The smallest absolute Gasteiger partial charge is 0.338 e. The maximum Gasteiger partial charge on any atom is 0.338 e. The maximum absolute atomic E-state index is 12.4. The number of carbonyl (C=O) groups is 2. The van der Waals surface area contributed by atoms with E-state index in [1.54, 1.807) is 14.0 Å². The van der Waals surface area contributed by atoms with Gasteiger partial charge in [-0.1, -0.05) is 40.7 Å². The Morgan fingerprint density at radius 1 is 1.45 bits per heavy atom. The van der Waals surface area contributed by atoms with Gasteiger partial charge in [-0.25, -0.2) is 9.59 Å². The lowest BCUT2D eigenvalue weighted by Gasteiger charge is -2.33. The summed E-state index contributed by atoms with van der Waals surface area (Å²) >= 11 is 3.37. The monoisotopic (exact) mass is 364 g/mol. The van der Waals surface area contributed by atoms with Gasteiger partial charge in [-0.05, 0) is 24.6 Å². The van der Waals surface area contributed by atoms with Crippen molar-refractivity contribution in [3.8, 4) is 0 Å². The molecule has 5 nitrogen and oxygen atoms in total. The molecule has 0 saturated carbocycles. The zero-order valence-electron chi connectivity index (χ0n) is 12.4. The van der Waals surface area contributed by atoms with E-state index in [4.69, 9.17) is 4.74 Å². The second kappa shape index (κ2) is 6.79. The number of benzene rings is 1. The molecule has 22 heavy (non-hydrogen) atoms. The second-order valence-electron chi connectivity index (χ2n) is 4.88. The highest BCUT2D eigenvalue weighted by Crippen LogP contribution is 2.31. The first-order chi connectivity index (χ1) is 10.5. The number of ether oxygens (including phenoxy) is 1. The quantitative estimate of drug-likeness (QED) is 0.659. The fourth-order valence-electron chi connectivity index (χ4n) is 2.22. The predicted molar refractivity (Wildman–Crippen MR) is 87.0 cm³/mol. The number of halogens is 1. The number of hydrogen-bond donors (Lipinski definition) is 1. The topological polar surface area (TPSA) is 58.6 Å². The van der Waals surface area contributed by atoms with Gasteiger partial charge in [0.05, 0.1) is 11.6 Å². The average molecular weight is 365 g/mol. The molecule has 1 N–H and O–H groups in total. The molecule has 1 heterocycles. The molecule has 0 aliphatic carbocycles. The highest BCUT2D eigenvalue weighted by atomic mass is 79.9. The van der Waals surface area contributed by atoms with Crippen molar-refractivity contribution in [2.24, 2.45) is 0 Å². The Balaban J connectivity index is 2.44. The molecule has 0 saturated heterocycles. The molecule has 1 aliphatic heterocycles. The Hall–Kier alpha value is -2.08. The molecule has 0 radical (unpaired) electrons. The van der Waals surface area contributed by atoms with Crippen LogP contribution in [-0.4, -0.2) is 30.6 Å². The molecule has 2 amide bonds. The molecule has 116 valence electrons. The first kappa shape index (κ1) is 16.3. The van der Waals surface area contributed by atoms with Crippen molar-refractivity contribution < 1.29 is 14.3 Å². The molecule has 1 aromatic rings. The van der Waals surface area contributed by atoms with Crippen LogP contribution in [0, 0.1) is 0 Å². The van der Waals surface area contributed by atoms with E-state index in [2.05, 4.69) is 27.8 Å². The van der Waals surface area contributed by atoms with Crippen molar-refractivity contribution in [3.63, 3.8) is 0 Å². The van der Waals surface area contributed by atoms with E-state index in [-0.39, 0.29) is 12.6 Å². The van der Waals surface area contributed by atoms with Crippen LogP contribution in [0.5, 0.6) is 0 Å². The van der Waals surface area contributed by atoms with Crippen LogP contribution in [0.3, 0.4) is 0 Å². The summed E-state index contributed by atoms with van der Waals surface area (Å²) in [5, 5.41) is 2.83. The molecular weight excluding hydrogens is 348 g/mol. The van der Waals surface area contributed by atoms with E-state index in [0.717, 1.165) is 10.0 Å². The first-order valence-corrected chi connectivity index (χ1v) is 7.53. The van der Waals surface area contributed by atoms with Crippen molar-refractivity contribution in [1.29, 1.82) is 0 Å². The Bertz CT molecular complexity index is 637. The van der Waals surface area contributed by atoms with E-state index < -0.39 is 12.0 Å². The number of nitrogens with zero attached hydrogens (tertiary/aromatic N) is 1. The third-order valence-electron chi connectivity index (χ3n) is 3.51. The van der Waals surface area contributed by atoms with Crippen LogP contribution in [0.2, 0.25) is 0 Å². The zero-order valence-corrected chi connectivity index (χ0v) is 14.0. The van der Waals surface area contributed by atoms with Gasteiger partial charge in [0.1, 0.15) is 6.61 Å². The summed E-state index contributed by atoms with van der Waals surface area (Å²) < 4.78 is 6.08. The highest BCUT2D eigenvalue weighted by molar-refractivity contribution is 9.10. The number of esters is 1. The summed E-state index contributed by atoms with van der Waals surface area (Å²) in [6.45, 7) is 5.39. The van der Waals surface area contributed by atoms with Gasteiger partial charge in [0.2, 0.25) is 0 Å². The largest absolute Gasteiger partial charge is 0.458 e. The molecule has 0 spiro atoms. The molecule has 1 unspecified atom stereocenters. The third-order valence-corrected chi connectivity index (χ3v) is 4.04. The van der Waals surface area contributed by atoms with E-state index in [0.29, 0.717) is 11.3 Å². The van der Waals surface area contributed by atoms with Crippen LogP contribution in [0.1, 0.15) is 18.5 Å². The lowest BCUT2D eigenvalue weighted by Crippen LogP contribution is -2.46. The Kier molecular flexibility index (Phi) is 5.03. The van der Waals surface area contributed by atoms with Gasteiger partial charge in [-0.2, -0.15) is 0 Å². The standard InChI is InChI=1S/C16H17BrN2O3/c1-4-9-22-15(20)13-10(2)19(3)16(21)18-14(13)11-5-7-12(17)8-6-11/h4-8,14H,1,9H2,2-3H3,(H,18,21). The van der Waals surface area contributed by atoms with Gasteiger partial charge >= 0.3 is 12.0 Å². The second-order valence-corrected chi connectivity index (χ2v) is 5.79. The van der Waals surface area contributed by atoms with Crippen LogP contribution in [0.25, 0.3) is 0 Å². The molecule has 6 heteroatoms. The molecule has 0 aromatic heterocycles. The molecule has 2 rings (SSSR count). The Morgan fingerprint density at radius 3 is 2.68 bits per heavy atom. The number of nitrogens with one attached hydrogen (secondary N) is 1. The normalized spacial score (nSPS) is 18.0. The first-order valence-electron chi connectivity index (χ1n) is 6.74. The van der Waals surface area contributed by atoms with E-state index in [1.807, 2.05) is 24.3 Å². The van der Waals surface area contributed by atoms with Crippen molar-refractivity contribution in [1.82, 2.24) is 10.2 Å². The summed E-state index contributed by atoms with van der Waals surface area (Å²) in [4.78, 5) is 25.8. The minimum atomic E-state index is -0.533. The van der Waals surface area contributed by atoms with Crippen LogP contribution in [0.4, 0.5) is 4.79 Å². The lowest BCUT2D eigenvalue weighted by atomic mass is 9.95. The summed E-state index contributed by atoms with van der Waals surface area (Å²) in [6.07, 6.45) is 1.51. The third kappa shape index (κ3) is 3.22. The number of carbonyl (C=O) groups excluding carboxylic acids is 2. The summed E-state index contributed by atoms with van der Waals surface area (Å²) in [5.74, 6) is -0.461. The molecule has 1 aromatic carbocycles.